The molecule has 2 N–H and O–H groups in total. The van der Waals surface area contributed by atoms with Crippen LogP contribution < -0.4 is 15.5 Å². The Bertz CT molecular complexity index is 911. The fraction of sp³-hybridized carbons (Fsp3) is 0.250. The van der Waals surface area contributed by atoms with E-state index < -0.39 is 5.91 Å². The summed E-state index contributed by atoms with van der Waals surface area (Å²) < 4.78 is 0. The first-order chi connectivity index (χ1) is 12.4. The zero-order valence-corrected chi connectivity index (χ0v) is 16.3. The first-order valence-electron chi connectivity index (χ1n) is 8.47. The SMILES string of the molecule is CNCCNC(=O)c1ccc2c(c1)C(=O)N(c1cc(C)ccc1C)C2=O.Cl. The van der Waals surface area contributed by atoms with E-state index >= 15 is 0 Å². The van der Waals surface area contributed by atoms with E-state index in [0.717, 1.165) is 11.1 Å². The van der Waals surface area contributed by atoms with Crippen LogP contribution in [-0.4, -0.2) is 37.9 Å². The highest BCUT2D eigenvalue weighted by Crippen LogP contribution is 2.31. The Morgan fingerprint density at radius 1 is 0.963 bits per heavy atom. The lowest BCUT2D eigenvalue weighted by Gasteiger charge is -2.17. The van der Waals surface area contributed by atoms with Crippen molar-refractivity contribution in [3.8, 4) is 0 Å². The average Bonchev–Trinajstić information content (AvgIpc) is 2.88. The van der Waals surface area contributed by atoms with Crippen molar-refractivity contribution < 1.29 is 14.4 Å². The Labute approximate surface area is 164 Å². The summed E-state index contributed by atoms with van der Waals surface area (Å²) >= 11 is 0. The van der Waals surface area contributed by atoms with Gasteiger partial charge in [0.2, 0.25) is 0 Å². The Morgan fingerprint density at radius 2 is 1.67 bits per heavy atom. The fourth-order valence-electron chi connectivity index (χ4n) is 2.96. The highest BCUT2D eigenvalue weighted by molar-refractivity contribution is 6.35. The van der Waals surface area contributed by atoms with Gasteiger partial charge in [0, 0.05) is 18.7 Å². The molecule has 0 spiro atoms. The van der Waals surface area contributed by atoms with E-state index in [-0.39, 0.29) is 29.8 Å². The number of nitrogens with one attached hydrogen (secondary N) is 2. The van der Waals surface area contributed by atoms with Gasteiger partial charge in [-0.3, -0.25) is 14.4 Å². The highest BCUT2D eigenvalue weighted by Gasteiger charge is 2.37. The van der Waals surface area contributed by atoms with Crippen LogP contribution in [0.25, 0.3) is 0 Å². The number of benzene rings is 2. The molecule has 0 radical (unpaired) electrons. The maximum absolute atomic E-state index is 12.9. The van der Waals surface area contributed by atoms with Gasteiger partial charge in [-0.1, -0.05) is 12.1 Å². The van der Waals surface area contributed by atoms with E-state index in [0.29, 0.717) is 29.9 Å². The number of hydrogen-bond acceptors (Lipinski definition) is 4. The second-order valence-electron chi connectivity index (χ2n) is 6.36. The first-order valence-corrected chi connectivity index (χ1v) is 8.47. The molecule has 0 atom stereocenters. The summed E-state index contributed by atoms with van der Waals surface area (Å²) in [6, 6.07) is 10.3. The van der Waals surface area contributed by atoms with Gasteiger partial charge in [0.25, 0.3) is 17.7 Å². The molecule has 142 valence electrons. The number of imide groups is 1. The molecule has 0 saturated carbocycles. The number of carbonyl (C=O) groups excluding carboxylic acids is 3. The molecule has 0 aromatic heterocycles. The van der Waals surface area contributed by atoms with Crippen LogP contribution in [0.5, 0.6) is 0 Å². The van der Waals surface area contributed by atoms with Gasteiger partial charge in [0.15, 0.2) is 0 Å². The van der Waals surface area contributed by atoms with Crippen LogP contribution in [0.4, 0.5) is 5.69 Å². The van der Waals surface area contributed by atoms with E-state index in [4.69, 9.17) is 0 Å². The lowest BCUT2D eigenvalue weighted by molar-refractivity contribution is 0.0923. The summed E-state index contributed by atoms with van der Waals surface area (Å²) in [5.41, 5.74) is 3.33. The molecule has 2 aromatic carbocycles. The molecule has 0 aliphatic carbocycles. The highest BCUT2D eigenvalue weighted by atomic mass is 35.5. The molecule has 6 nitrogen and oxygen atoms in total. The monoisotopic (exact) mass is 387 g/mol. The van der Waals surface area contributed by atoms with Gasteiger partial charge in [-0.25, -0.2) is 4.90 Å². The molecular weight excluding hydrogens is 366 g/mol. The third kappa shape index (κ3) is 3.86. The maximum atomic E-state index is 12.9. The van der Waals surface area contributed by atoms with Crippen molar-refractivity contribution in [1.29, 1.82) is 0 Å². The number of anilines is 1. The Morgan fingerprint density at radius 3 is 2.37 bits per heavy atom. The predicted octanol–water partition coefficient (Wildman–Crippen LogP) is 2.48. The largest absolute Gasteiger partial charge is 0.351 e. The third-order valence-electron chi connectivity index (χ3n) is 4.41. The van der Waals surface area contributed by atoms with Gasteiger partial charge in [0.05, 0.1) is 16.8 Å². The van der Waals surface area contributed by atoms with Gasteiger partial charge in [-0.15, -0.1) is 12.4 Å². The van der Waals surface area contributed by atoms with Gasteiger partial charge < -0.3 is 10.6 Å². The first kappa shape index (κ1) is 20.6. The van der Waals surface area contributed by atoms with Crippen molar-refractivity contribution in [1.82, 2.24) is 10.6 Å². The van der Waals surface area contributed by atoms with Gasteiger partial charge in [-0.05, 0) is 56.3 Å². The van der Waals surface area contributed by atoms with Crippen LogP contribution in [0.2, 0.25) is 0 Å². The minimum atomic E-state index is -0.399. The fourth-order valence-corrected chi connectivity index (χ4v) is 2.96. The average molecular weight is 388 g/mol. The number of amides is 3. The van der Waals surface area contributed by atoms with Crippen LogP contribution in [0.1, 0.15) is 42.2 Å². The molecule has 7 heteroatoms. The number of aryl methyl sites for hydroxylation is 2. The van der Waals surface area contributed by atoms with Crippen molar-refractivity contribution >= 4 is 35.8 Å². The number of carbonyl (C=O) groups is 3. The molecule has 2 aromatic rings. The normalized spacial score (nSPS) is 12.6. The number of likely N-dealkylation sites (N-methyl/N-ethyl adjacent to an activating group) is 1. The van der Waals surface area contributed by atoms with Crippen molar-refractivity contribution in [2.24, 2.45) is 0 Å². The molecule has 0 bridgehead atoms. The number of nitrogens with zero attached hydrogens (tertiary/aromatic N) is 1. The van der Waals surface area contributed by atoms with Crippen LogP contribution in [0, 0.1) is 13.8 Å². The second kappa shape index (κ2) is 8.33. The third-order valence-corrected chi connectivity index (χ3v) is 4.41. The molecule has 27 heavy (non-hydrogen) atoms. The van der Waals surface area contributed by atoms with Crippen LogP contribution in [-0.2, 0) is 0 Å². The zero-order chi connectivity index (χ0) is 18.8. The molecule has 0 unspecified atom stereocenters. The molecule has 1 aliphatic heterocycles. The summed E-state index contributed by atoms with van der Waals surface area (Å²) in [5, 5.41) is 5.71. The Kier molecular flexibility index (Phi) is 6.36. The lowest BCUT2D eigenvalue weighted by Crippen LogP contribution is -2.30. The van der Waals surface area contributed by atoms with Crippen LogP contribution >= 0.6 is 12.4 Å². The van der Waals surface area contributed by atoms with E-state index in [2.05, 4.69) is 10.6 Å². The maximum Gasteiger partial charge on any atom is 0.266 e. The van der Waals surface area contributed by atoms with E-state index in [1.165, 1.54) is 11.0 Å². The van der Waals surface area contributed by atoms with Gasteiger partial charge >= 0.3 is 0 Å². The quantitative estimate of drug-likeness (QED) is 0.610. The molecule has 3 rings (SSSR count). The standard InChI is InChI=1S/C20H21N3O3.ClH/c1-12-4-5-13(2)17(10-12)23-19(25)15-7-6-14(11-16(15)20(23)26)18(24)22-9-8-21-3;/h4-7,10-11,21H,8-9H2,1-3H3,(H,22,24);1H. The van der Waals surface area contributed by atoms with Crippen molar-refractivity contribution in [3.63, 3.8) is 0 Å². The summed E-state index contributed by atoms with van der Waals surface area (Å²) in [6.45, 7) is 4.90. The summed E-state index contributed by atoms with van der Waals surface area (Å²) in [4.78, 5) is 39.0. The van der Waals surface area contributed by atoms with E-state index in [1.807, 2.05) is 32.0 Å². The van der Waals surface area contributed by atoms with Crippen molar-refractivity contribution in [2.75, 3.05) is 25.0 Å². The van der Waals surface area contributed by atoms with Crippen molar-refractivity contribution in [2.45, 2.75) is 13.8 Å². The summed E-state index contributed by atoms with van der Waals surface area (Å²) in [6.07, 6.45) is 0. The van der Waals surface area contributed by atoms with Crippen LogP contribution in [0.15, 0.2) is 36.4 Å². The van der Waals surface area contributed by atoms with E-state index in [1.54, 1.807) is 19.2 Å². The smallest absolute Gasteiger partial charge is 0.266 e. The van der Waals surface area contributed by atoms with Crippen LogP contribution in [0.3, 0.4) is 0 Å². The number of fused-ring (bicyclic) bond motifs is 1. The molecule has 0 fully saturated rings. The Hall–Kier alpha value is -2.70. The second-order valence-corrected chi connectivity index (χ2v) is 6.36. The molecule has 1 heterocycles. The predicted molar refractivity (Wildman–Crippen MR) is 107 cm³/mol. The summed E-state index contributed by atoms with van der Waals surface area (Å²) in [5.74, 6) is -1.03. The molecule has 1 aliphatic rings. The molecule has 0 saturated heterocycles. The summed E-state index contributed by atoms with van der Waals surface area (Å²) in [7, 11) is 1.80. The van der Waals surface area contributed by atoms with E-state index in [9.17, 15) is 14.4 Å². The number of halogens is 1. The van der Waals surface area contributed by atoms with Gasteiger partial charge in [0.1, 0.15) is 0 Å². The zero-order valence-electron chi connectivity index (χ0n) is 15.5. The van der Waals surface area contributed by atoms with Crippen molar-refractivity contribution in [3.05, 3.63) is 64.2 Å². The minimum Gasteiger partial charge on any atom is -0.351 e. The number of rotatable bonds is 5. The minimum absolute atomic E-state index is 0. The molecular formula is C20H22ClN3O3. The lowest BCUT2D eigenvalue weighted by atomic mass is 10.1. The topological polar surface area (TPSA) is 78.5 Å². The van der Waals surface area contributed by atoms with Gasteiger partial charge in [-0.2, -0.15) is 0 Å². The Balaban J connectivity index is 0.00000261. The molecule has 3 amide bonds. The number of hydrogen-bond donors (Lipinski definition) is 2.